The molecule has 1 fully saturated rings. The third-order valence-corrected chi connectivity index (χ3v) is 6.98. The SMILES string of the molecule is O=S(=O)(Nc1ccccc1I)c1cc(CNC2CC2)cs1. The summed E-state index contributed by atoms with van der Waals surface area (Å²) >= 11 is 3.38. The van der Waals surface area contributed by atoms with Crippen LogP contribution in [0.2, 0.25) is 0 Å². The Kier molecular flexibility index (Phi) is 4.53. The number of para-hydroxylation sites is 1. The molecule has 1 aromatic heterocycles. The summed E-state index contributed by atoms with van der Waals surface area (Å²) < 4.78 is 28.7. The molecule has 1 aliphatic carbocycles. The molecule has 3 rings (SSSR count). The van der Waals surface area contributed by atoms with Gasteiger partial charge in [-0.1, -0.05) is 12.1 Å². The van der Waals surface area contributed by atoms with Crippen LogP contribution in [0.5, 0.6) is 0 Å². The zero-order chi connectivity index (χ0) is 14.9. The standard InChI is InChI=1S/C14H15IN2O2S2/c15-12-3-1-2-4-13(12)17-21(18,19)14-7-10(9-20-14)8-16-11-5-6-11/h1-4,7,9,11,16-17H,5-6,8H2. The topological polar surface area (TPSA) is 58.2 Å². The molecule has 1 heterocycles. The number of anilines is 1. The lowest BCUT2D eigenvalue weighted by Gasteiger charge is -2.07. The van der Waals surface area contributed by atoms with E-state index in [1.54, 1.807) is 12.1 Å². The van der Waals surface area contributed by atoms with Crippen LogP contribution in [0.15, 0.2) is 39.9 Å². The van der Waals surface area contributed by atoms with Gasteiger partial charge in [-0.05, 0) is 64.6 Å². The van der Waals surface area contributed by atoms with Gasteiger partial charge in [0.05, 0.1) is 5.69 Å². The molecule has 0 amide bonds. The number of benzene rings is 1. The molecule has 21 heavy (non-hydrogen) atoms. The molecule has 2 aromatic rings. The van der Waals surface area contributed by atoms with Crippen LogP contribution < -0.4 is 10.0 Å². The summed E-state index contributed by atoms with van der Waals surface area (Å²) in [4.78, 5) is 0. The Bertz CT molecular complexity index is 739. The molecule has 2 N–H and O–H groups in total. The van der Waals surface area contributed by atoms with Crippen molar-refractivity contribution in [2.75, 3.05) is 4.72 Å². The van der Waals surface area contributed by atoms with E-state index >= 15 is 0 Å². The maximum Gasteiger partial charge on any atom is 0.271 e. The Morgan fingerprint density at radius 2 is 2.05 bits per heavy atom. The van der Waals surface area contributed by atoms with Crippen LogP contribution in [0.4, 0.5) is 5.69 Å². The molecule has 7 heteroatoms. The number of thiophene rings is 1. The number of nitrogens with one attached hydrogen (secondary N) is 2. The van der Waals surface area contributed by atoms with Crippen molar-refractivity contribution < 1.29 is 8.42 Å². The lowest BCUT2D eigenvalue weighted by Crippen LogP contribution is -2.15. The smallest absolute Gasteiger partial charge is 0.271 e. The minimum atomic E-state index is -3.50. The highest BCUT2D eigenvalue weighted by atomic mass is 127. The molecule has 4 nitrogen and oxygen atoms in total. The minimum Gasteiger partial charge on any atom is -0.310 e. The predicted molar refractivity (Wildman–Crippen MR) is 94.1 cm³/mol. The van der Waals surface area contributed by atoms with Gasteiger partial charge in [-0.25, -0.2) is 8.42 Å². The van der Waals surface area contributed by atoms with Crippen molar-refractivity contribution in [3.8, 4) is 0 Å². The van der Waals surface area contributed by atoms with E-state index in [2.05, 4.69) is 32.6 Å². The molecule has 1 aromatic carbocycles. The quantitative estimate of drug-likeness (QED) is 0.686. The Hall–Kier alpha value is -0.640. The van der Waals surface area contributed by atoms with Crippen LogP contribution in [0.1, 0.15) is 18.4 Å². The molecule has 0 bridgehead atoms. The molecule has 0 spiro atoms. The molecule has 1 saturated carbocycles. The van der Waals surface area contributed by atoms with Gasteiger partial charge in [0.15, 0.2) is 0 Å². The lowest BCUT2D eigenvalue weighted by atomic mass is 10.3. The Morgan fingerprint density at radius 1 is 1.29 bits per heavy atom. The van der Waals surface area contributed by atoms with E-state index in [0.717, 1.165) is 15.7 Å². The van der Waals surface area contributed by atoms with Crippen LogP contribution >= 0.6 is 33.9 Å². The highest BCUT2D eigenvalue weighted by Gasteiger charge is 2.21. The third-order valence-electron chi connectivity index (χ3n) is 3.18. The number of sulfonamides is 1. The van der Waals surface area contributed by atoms with E-state index in [1.807, 2.05) is 23.6 Å². The summed E-state index contributed by atoms with van der Waals surface area (Å²) in [7, 11) is -3.50. The van der Waals surface area contributed by atoms with Crippen molar-refractivity contribution in [3.63, 3.8) is 0 Å². The Balaban J connectivity index is 1.73. The van der Waals surface area contributed by atoms with Gasteiger partial charge in [-0.15, -0.1) is 11.3 Å². The van der Waals surface area contributed by atoms with Crippen molar-refractivity contribution in [2.24, 2.45) is 0 Å². The molecular weight excluding hydrogens is 419 g/mol. The summed E-state index contributed by atoms with van der Waals surface area (Å²) in [5.74, 6) is 0. The Morgan fingerprint density at radius 3 is 2.76 bits per heavy atom. The predicted octanol–water partition coefficient (Wildman–Crippen LogP) is 3.41. The van der Waals surface area contributed by atoms with E-state index in [0.29, 0.717) is 15.9 Å². The zero-order valence-corrected chi connectivity index (χ0v) is 15.0. The first kappa shape index (κ1) is 15.3. The first-order chi connectivity index (χ1) is 10.0. The van der Waals surface area contributed by atoms with Crippen molar-refractivity contribution in [1.29, 1.82) is 0 Å². The van der Waals surface area contributed by atoms with E-state index < -0.39 is 10.0 Å². The highest BCUT2D eigenvalue weighted by Crippen LogP contribution is 2.26. The van der Waals surface area contributed by atoms with E-state index in [-0.39, 0.29) is 0 Å². The largest absolute Gasteiger partial charge is 0.310 e. The normalized spacial score (nSPS) is 15.1. The average molecular weight is 434 g/mol. The van der Waals surface area contributed by atoms with Gasteiger partial charge in [0, 0.05) is 16.2 Å². The second-order valence-corrected chi connectivity index (χ2v) is 9.00. The molecule has 0 unspecified atom stereocenters. The van der Waals surface area contributed by atoms with E-state index in [9.17, 15) is 8.42 Å². The average Bonchev–Trinajstić information content (AvgIpc) is 3.15. The van der Waals surface area contributed by atoms with Crippen LogP contribution in [0, 0.1) is 3.57 Å². The van der Waals surface area contributed by atoms with Gasteiger partial charge in [-0.3, -0.25) is 4.72 Å². The first-order valence-electron chi connectivity index (χ1n) is 6.63. The number of hydrogen-bond acceptors (Lipinski definition) is 4. The highest BCUT2D eigenvalue weighted by molar-refractivity contribution is 14.1. The second-order valence-electron chi connectivity index (χ2n) is 5.01. The number of halogens is 1. The summed E-state index contributed by atoms with van der Waals surface area (Å²) in [6.07, 6.45) is 2.45. The fourth-order valence-electron chi connectivity index (χ4n) is 1.88. The summed E-state index contributed by atoms with van der Waals surface area (Å²) in [6, 6.07) is 9.71. The van der Waals surface area contributed by atoms with E-state index in [4.69, 9.17) is 0 Å². The van der Waals surface area contributed by atoms with Gasteiger partial charge in [0.1, 0.15) is 4.21 Å². The van der Waals surface area contributed by atoms with Crippen LogP contribution in [-0.4, -0.2) is 14.5 Å². The summed E-state index contributed by atoms with van der Waals surface area (Å²) in [6.45, 7) is 0.736. The van der Waals surface area contributed by atoms with Crippen LogP contribution in [0.3, 0.4) is 0 Å². The maximum atomic E-state index is 12.4. The molecule has 0 aliphatic heterocycles. The lowest BCUT2D eigenvalue weighted by molar-refractivity contribution is 0.603. The number of rotatable bonds is 6. The van der Waals surface area contributed by atoms with Gasteiger partial charge in [-0.2, -0.15) is 0 Å². The van der Waals surface area contributed by atoms with Gasteiger partial charge >= 0.3 is 0 Å². The van der Waals surface area contributed by atoms with Crippen molar-refractivity contribution in [1.82, 2.24) is 5.32 Å². The summed E-state index contributed by atoms with van der Waals surface area (Å²) in [5.41, 5.74) is 1.64. The van der Waals surface area contributed by atoms with E-state index in [1.165, 1.54) is 24.2 Å². The van der Waals surface area contributed by atoms with Gasteiger partial charge < -0.3 is 5.32 Å². The second kappa shape index (κ2) is 6.23. The maximum absolute atomic E-state index is 12.4. The fourth-order valence-corrected chi connectivity index (χ4v) is 4.87. The van der Waals surface area contributed by atoms with Crippen LogP contribution in [-0.2, 0) is 16.6 Å². The van der Waals surface area contributed by atoms with Crippen molar-refractivity contribution in [3.05, 3.63) is 44.8 Å². The number of hydrogen-bond donors (Lipinski definition) is 2. The summed E-state index contributed by atoms with van der Waals surface area (Å²) in [5, 5.41) is 5.29. The van der Waals surface area contributed by atoms with Crippen molar-refractivity contribution >= 4 is 49.6 Å². The molecule has 0 atom stereocenters. The van der Waals surface area contributed by atoms with Crippen molar-refractivity contribution in [2.45, 2.75) is 29.6 Å². The Labute approximate surface area is 142 Å². The fraction of sp³-hybridized carbons (Fsp3) is 0.286. The molecule has 0 saturated heterocycles. The first-order valence-corrected chi connectivity index (χ1v) is 10.1. The van der Waals surface area contributed by atoms with Gasteiger partial charge in [0.25, 0.3) is 10.0 Å². The third kappa shape index (κ3) is 3.97. The van der Waals surface area contributed by atoms with Gasteiger partial charge in [0.2, 0.25) is 0 Å². The minimum absolute atomic E-state index is 0.356. The monoisotopic (exact) mass is 434 g/mol. The molecular formula is C14H15IN2O2S2. The molecule has 0 radical (unpaired) electrons. The van der Waals surface area contributed by atoms with Crippen LogP contribution in [0.25, 0.3) is 0 Å². The molecule has 1 aliphatic rings. The molecule has 112 valence electrons. The zero-order valence-electron chi connectivity index (χ0n) is 11.2.